The Morgan fingerprint density at radius 2 is 2.06 bits per heavy atom. The van der Waals surface area contributed by atoms with Gasteiger partial charge in [0.2, 0.25) is 0 Å². The molecule has 0 saturated carbocycles. The summed E-state index contributed by atoms with van der Waals surface area (Å²) in [6.45, 7) is 3.49. The normalized spacial score (nSPS) is 12.1. The number of carboxylic acid groups (broad SMARTS) is 1. The molecule has 0 saturated heterocycles. The molecule has 0 heterocycles. The zero-order valence-corrected chi connectivity index (χ0v) is 11.7. The van der Waals surface area contributed by atoms with E-state index in [-0.39, 0.29) is 0 Å². The summed E-state index contributed by atoms with van der Waals surface area (Å²) in [5.74, 6) is -0.302. The van der Waals surface area contributed by atoms with E-state index in [9.17, 15) is 4.79 Å². The van der Waals surface area contributed by atoms with Gasteiger partial charge in [-0.05, 0) is 18.9 Å². The number of aliphatic carboxylic acids is 1. The van der Waals surface area contributed by atoms with Gasteiger partial charge in [0.25, 0.3) is 0 Å². The van der Waals surface area contributed by atoms with Gasteiger partial charge in [-0.15, -0.1) is 0 Å². The number of hydrogen-bond donors (Lipinski definition) is 1. The van der Waals surface area contributed by atoms with E-state index in [1.807, 2.05) is 6.92 Å². The molecule has 0 aliphatic heterocycles. The Balaban J connectivity index is 3.30. The lowest BCUT2D eigenvalue weighted by Gasteiger charge is -2.18. The Labute approximate surface area is 111 Å². The molecule has 18 heavy (non-hydrogen) atoms. The first-order chi connectivity index (χ1) is 8.42. The third-order valence-electron chi connectivity index (χ3n) is 2.92. The van der Waals surface area contributed by atoms with Crippen molar-refractivity contribution in [3.63, 3.8) is 0 Å². The van der Waals surface area contributed by atoms with Crippen molar-refractivity contribution in [3.8, 4) is 11.5 Å². The maximum absolute atomic E-state index is 10.9. The number of halogens is 1. The number of hydrogen-bond acceptors (Lipinski definition) is 3. The van der Waals surface area contributed by atoms with Crippen molar-refractivity contribution in [2.24, 2.45) is 5.92 Å². The first-order valence-corrected chi connectivity index (χ1v) is 5.92. The van der Waals surface area contributed by atoms with Crippen LogP contribution in [0.15, 0.2) is 6.07 Å². The van der Waals surface area contributed by atoms with Crippen molar-refractivity contribution >= 4 is 17.6 Å². The van der Waals surface area contributed by atoms with Crippen molar-refractivity contribution in [2.75, 3.05) is 14.2 Å². The SMILES string of the molecule is COc1cc(Cl)c(C)c(CC(C)C(=O)O)c1OC. The molecular weight excluding hydrogens is 256 g/mol. The van der Waals surface area contributed by atoms with E-state index in [4.69, 9.17) is 26.2 Å². The number of ether oxygens (including phenoxy) is 2. The van der Waals surface area contributed by atoms with E-state index < -0.39 is 11.9 Å². The predicted octanol–water partition coefficient (Wildman–Crippen LogP) is 2.93. The summed E-state index contributed by atoms with van der Waals surface area (Å²) in [5, 5.41) is 9.53. The second-order valence-corrected chi connectivity index (χ2v) is 4.55. The molecule has 1 aromatic carbocycles. The average molecular weight is 273 g/mol. The first kappa shape index (κ1) is 14.6. The predicted molar refractivity (Wildman–Crippen MR) is 69.8 cm³/mol. The van der Waals surface area contributed by atoms with E-state index in [1.54, 1.807) is 13.0 Å². The van der Waals surface area contributed by atoms with Gasteiger partial charge in [0.1, 0.15) is 0 Å². The highest BCUT2D eigenvalue weighted by Crippen LogP contribution is 2.38. The molecule has 0 aliphatic rings. The van der Waals surface area contributed by atoms with Crippen LogP contribution >= 0.6 is 11.6 Å². The molecule has 0 amide bonds. The van der Waals surface area contributed by atoms with Gasteiger partial charge in [0, 0.05) is 16.7 Å². The molecule has 1 aromatic rings. The van der Waals surface area contributed by atoms with E-state index in [1.165, 1.54) is 14.2 Å². The number of carboxylic acids is 1. The van der Waals surface area contributed by atoms with Gasteiger partial charge in [-0.3, -0.25) is 4.79 Å². The van der Waals surface area contributed by atoms with E-state index in [0.29, 0.717) is 22.9 Å². The van der Waals surface area contributed by atoms with Crippen LogP contribution in [0.4, 0.5) is 0 Å². The lowest BCUT2D eigenvalue weighted by molar-refractivity contribution is -0.141. The van der Waals surface area contributed by atoms with Gasteiger partial charge in [-0.25, -0.2) is 0 Å². The minimum Gasteiger partial charge on any atom is -0.493 e. The summed E-state index contributed by atoms with van der Waals surface area (Å²) in [6.07, 6.45) is 0.348. The zero-order valence-electron chi connectivity index (χ0n) is 10.9. The lowest BCUT2D eigenvalue weighted by atomic mass is 9.96. The van der Waals surface area contributed by atoms with Crippen molar-refractivity contribution in [1.82, 2.24) is 0 Å². The Hall–Kier alpha value is -1.42. The number of rotatable bonds is 5. The van der Waals surface area contributed by atoms with E-state index >= 15 is 0 Å². The van der Waals surface area contributed by atoms with Gasteiger partial charge >= 0.3 is 5.97 Å². The van der Waals surface area contributed by atoms with Crippen LogP contribution in [0.25, 0.3) is 0 Å². The molecular formula is C13H17ClO4. The van der Waals surface area contributed by atoms with Crippen molar-refractivity contribution in [1.29, 1.82) is 0 Å². The quantitative estimate of drug-likeness (QED) is 0.895. The minimum absolute atomic E-state index is 0.348. The topological polar surface area (TPSA) is 55.8 Å². The smallest absolute Gasteiger partial charge is 0.306 e. The fraction of sp³-hybridized carbons (Fsp3) is 0.462. The van der Waals surface area contributed by atoms with Crippen LogP contribution in [-0.4, -0.2) is 25.3 Å². The Bertz CT molecular complexity index is 457. The molecule has 1 atom stereocenters. The molecule has 100 valence electrons. The highest BCUT2D eigenvalue weighted by Gasteiger charge is 2.21. The van der Waals surface area contributed by atoms with Crippen LogP contribution in [0.2, 0.25) is 5.02 Å². The van der Waals surface area contributed by atoms with Gasteiger partial charge < -0.3 is 14.6 Å². The Morgan fingerprint density at radius 1 is 1.44 bits per heavy atom. The Morgan fingerprint density at radius 3 is 2.50 bits per heavy atom. The van der Waals surface area contributed by atoms with Crippen LogP contribution < -0.4 is 9.47 Å². The summed E-state index contributed by atoms with van der Waals surface area (Å²) >= 11 is 6.11. The third-order valence-corrected chi connectivity index (χ3v) is 3.32. The molecule has 0 radical (unpaired) electrons. The van der Waals surface area contributed by atoms with Crippen LogP contribution in [0.1, 0.15) is 18.1 Å². The van der Waals surface area contributed by atoms with Crippen LogP contribution in [0, 0.1) is 12.8 Å². The van der Waals surface area contributed by atoms with E-state index in [0.717, 1.165) is 11.1 Å². The third kappa shape index (κ3) is 2.88. The maximum Gasteiger partial charge on any atom is 0.306 e. The lowest BCUT2D eigenvalue weighted by Crippen LogP contribution is -2.14. The molecule has 0 aliphatic carbocycles. The molecule has 0 aromatic heterocycles. The fourth-order valence-corrected chi connectivity index (χ4v) is 1.98. The van der Waals surface area contributed by atoms with Crippen LogP contribution in [0.3, 0.4) is 0 Å². The number of methoxy groups -OCH3 is 2. The summed E-state index contributed by atoms with van der Waals surface area (Å²) in [4.78, 5) is 10.9. The van der Waals surface area contributed by atoms with Gasteiger partial charge in [-0.1, -0.05) is 18.5 Å². The average Bonchev–Trinajstić information content (AvgIpc) is 2.34. The molecule has 0 spiro atoms. The van der Waals surface area contributed by atoms with Crippen molar-refractivity contribution in [2.45, 2.75) is 20.3 Å². The molecule has 5 heteroatoms. The second-order valence-electron chi connectivity index (χ2n) is 4.14. The standard InChI is InChI=1S/C13H17ClO4/c1-7(13(15)16)5-9-8(2)10(14)6-11(17-3)12(9)18-4/h6-7H,5H2,1-4H3,(H,15,16). The van der Waals surface area contributed by atoms with Gasteiger partial charge in [-0.2, -0.15) is 0 Å². The molecule has 1 rings (SSSR count). The van der Waals surface area contributed by atoms with Gasteiger partial charge in [0.05, 0.1) is 20.1 Å². The number of carbonyl (C=O) groups is 1. The number of benzene rings is 1. The molecule has 0 bridgehead atoms. The van der Waals surface area contributed by atoms with Crippen LogP contribution in [-0.2, 0) is 11.2 Å². The first-order valence-electron chi connectivity index (χ1n) is 5.55. The van der Waals surface area contributed by atoms with Crippen LogP contribution in [0.5, 0.6) is 11.5 Å². The van der Waals surface area contributed by atoms with E-state index in [2.05, 4.69) is 0 Å². The monoisotopic (exact) mass is 272 g/mol. The van der Waals surface area contributed by atoms with Gasteiger partial charge in [0.15, 0.2) is 11.5 Å². The molecule has 0 fully saturated rings. The fourth-order valence-electron chi connectivity index (χ4n) is 1.77. The zero-order chi connectivity index (χ0) is 13.9. The Kier molecular flexibility index (Phi) is 4.84. The highest BCUT2D eigenvalue weighted by molar-refractivity contribution is 6.31. The van der Waals surface area contributed by atoms with Crippen molar-refractivity contribution in [3.05, 3.63) is 22.2 Å². The maximum atomic E-state index is 10.9. The summed E-state index contributed by atoms with van der Waals surface area (Å²) in [6, 6.07) is 1.67. The second kappa shape index (κ2) is 5.96. The molecule has 4 nitrogen and oxygen atoms in total. The van der Waals surface area contributed by atoms with Crippen molar-refractivity contribution < 1.29 is 19.4 Å². The highest BCUT2D eigenvalue weighted by atomic mass is 35.5. The summed E-state index contributed by atoms with van der Waals surface area (Å²) in [5.41, 5.74) is 1.60. The molecule has 1 unspecified atom stereocenters. The summed E-state index contributed by atoms with van der Waals surface area (Å²) in [7, 11) is 3.05. The largest absolute Gasteiger partial charge is 0.493 e. The summed E-state index contributed by atoms with van der Waals surface area (Å²) < 4.78 is 10.5. The molecule has 1 N–H and O–H groups in total. The minimum atomic E-state index is -0.851.